The molecule has 1 amide bonds. The standard InChI is InChI=1S/C11H15NO3/c1-11(2)7(8(11)10(14)15)9(13)12-5-3-4-6-12/h3-4,7-8H,5-6H2,1-2H3,(H,14,15). The van der Waals surface area contributed by atoms with Gasteiger partial charge in [0.25, 0.3) is 0 Å². The van der Waals surface area contributed by atoms with Gasteiger partial charge in [0.2, 0.25) is 5.91 Å². The van der Waals surface area contributed by atoms with Crippen LogP contribution in [0.2, 0.25) is 0 Å². The second-order valence-corrected chi connectivity index (χ2v) is 4.83. The number of nitrogens with zero attached hydrogens (tertiary/aromatic N) is 1. The van der Waals surface area contributed by atoms with Crippen LogP contribution in [0.25, 0.3) is 0 Å². The number of carboxylic acids is 1. The molecule has 0 aromatic heterocycles. The fraction of sp³-hybridized carbons (Fsp3) is 0.636. The van der Waals surface area contributed by atoms with E-state index in [0.29, 0.717) is 13.1 Å². The summed E-state index contributed by atoms with van der Waals surface area (Å²) in [5, 5.41) is 8.96. The summed E-state index contributed by atoms with van der Waals surface area (Å²) in [4.78, 5) is 24.6. The highest BCUT2D eigenvalue weighted by atomic mass is 16.4. The van der Waals surface area contributed by atoms with Crippen molar-refractivity contribution in [3.8, 4) is 0 Å². The van der Waals surface area contributed by atoms with E-state index in [1.54, 1.807) is 4.90 Å². The highest BCUT2D eigenvalue weighted by Crippen LogP contribution is 2.59. The summed E-state index contributed by atoms with van der Waals surface area (Å²) in [6, 6.07) is 0. The van der Waals surface area contributed by atoms with E-state index in [-0.39, 0.29) is 17.2 Å². The third kappa shape index (κ3) is 1.44. The van der Waals surface area contributed by atoms with Gasteiger partial charge in [-0.2, -0.15) is 0 Å². The Hall–Kier alpha value is -1.32. The quantitative estimate of drug-likeness (QED) is 0.682. The zero-order valence-corrected chi connectivity index (χ0v) is 8.93. The third-order valence-electron chi connectivity index (χ3n) is 3.49. The van der Waals surface area contributed by atoms with Gasteiger partial charge in [0.05, 0.1) is 11.8 Å². The van der Waals surface area contributed by atoms with Gasteiger partial charge in [-0.05, 0) is 5.41 Å². The molecule has 15 heavy (non-hydrogen) atoms. The number of hydrogen-bond donors (Lipinski definition) is 1. The normalized spacial score (nSPS) is 31.7. The Morgan fingerprint density at radius 1 is 1.27 bits per heavy atom. The van der Waals surface area contributed by atoms with Crippen LogP contribution in [0.3, 0.4) is 0 Å². The molecule has 1 fully saturated rings. The van der Waals surface area contributed by atoms with Crippen LogP contribution in [0.4, 0.5) is 0 Å². The SMILES string of the molecule is CC1(C)C(C(=O)O)C1C(=O)N1CC=CC1. The Bertz CT molecular complexity index is 338. The predicted octanol–water partition coefficient (Wildman–Crippen LogP) is 0.742. The van der Waals surface area contributed by atoms with Crippen molar-refractivity contribution in [2.24, 2.45) is 17.3 Å². The number of amides is 1. The van der Waals surface area contributed by atoms with Gasteiger partial charge >= 0.3 is 5.97 Å². The molecule has 1 N–H and O–H groups in total. The van der Waals surface area contributed by atoms with Crippen molar-refractivity contribution in [2.45, 2.75) is 13.8 Å². The summed E-state index contributed by atoms with van der Waals surface area (Å²) in [5.41, 5.74) is -0.383. The molecule has 0 spiro atoms. The van der Waals surface area contributed by atoms with Gasteiger partial charge < -0.3 is 10.0 Å². The van der Waals surface area contributed by atoms with Gasteiger partial charge in [-0.3, -0.25) is 9.59 Å². The maximum atomic E-state index is 12.0. The first-order valence-corrected chi connectivity index (χ1v) is 5.13. The van der Waals surface area contributed by atoms with E-state index in [1.807, 2.05) is 26.0 Å². The summed E-state index contributed by atoms with van der Waals surface area (Å²) in [6.45, 7) is 4.94. The molecule has 2 aliphatic rings. The lowest BCUT2D eigenvalue weighted by atomic mass is 10.1. The molecule has 1 heterocycles. The van der Waals surface area contributed by atoms with Crippen LogP contribution in [-0.4, -0.2) is 35.0 Å². The van der Waals surface area contributed by atoms with E-state index in [4.69, 9.17) is 5.11 Å². The molecule has 0 aromatic rings. The molecule has 4 heteroatoms. The van der Waals surface area contributed by atoms with E-state index in [1.165, 1.54) is 0 Å². The molecule has 0 radical (unpaired) electrons. The monoisotopic (exact) mass is 209 g/mol. The van der Waals surface area contributed by atoms with Crippen LogP contribution < -0.4 is 0 Å². The number of hydrogen-bond acceptors (Lipinski definition) is 2. The van der Waals surface area contributed by atoms with E-state index >= 15 is 0 Å². The number of carbonyl (C=O) groups is 2. The van der Waals surface area contributed by atoms with Crippen LogP contribution in [-0.2, 0) is 9.59 Å². The van der Waals surface area contributed by atoms with Gasteiger partial charge in [-0.25, -0.2) is 0 Å². The first-order valence-electron chi connectivity index (χ1n) is 5.13. The molecule has 0 aromatic carbocycles. The summed E-state index contributed by atoms with van der Waals surface area (Å²) < 4.78 is 0. The van der Waals surface area contributed by atoms with Crippen molar-refractivity contribution in [1.82, 2.24) is 4.90 Å². The van der Waals surface area contributed by atoms with Crippen LogP contribution in [0, 0.1) is 17.3 Å². The lowest BCUT2D eigenvalue weighted by molar-refractivity contribution is -0.141. The Labute approximate surface area is 88.6 Å². The zero-order valence-electron chi connectivity index (χ0n) is 8.93. The molecule has 1 aliphatic heterocycles. The number of rotatable bonds is 2. The van der Waals surface area contributed by atoms with Crippen molar-refractivity contribution in [2.75, 3.05) is 13.1 Å². The summed E-state index contributed by atoms with van der Waals surface area (Å²) in [5.74, 6) is -1.72. The second-order valence-electron chi connectivity index (χ2n) is 4.83. The Morgan fingerprint density at radius 2 is 1.80 bits per heavy atom. The van der Waals surface area contributed by atoms with Gasteiger partial charge in [0, 0.05) is 13.1 Å². The molecule has 4 nitrogen and oxygen atoms in total. The topological polar surface area (TPSA) is 57.6 Å². The number of aliphatic carboxylic acids is 1. The van der Waals surface area contributed by atoms with Crippen LogP contribution in [0.1, 0.15) is 13.8 Å². The number of carboxylic acid groups (broad SMARTS) is 1. The van der Waals surface area contributed by atoms with Gasteiger partial charge in [0.1, 0.15) is 0 Å². The zero-order chi connectivity index (χ0) is 11.2. The van der Waals surface area contributed by atoms with Crippen LogP contribution >= 0.6 is 0 Å². The van der Waals surface area contributed by atoms with Crippen molar-refractivity contribution in [1.29, 1.82) is 0 Å². The molecule has 82 valence electrons. The molecular weight excluding hydrogens is 194 g/mol. The molecule has 2 unspecified atom stereocenters. The largest absolute Gasteiger partial charge is 0.481 e. The van der Waals surface area contributed by atoms with Gasteiger partial charge in [0.15, 0.2) is 0 Å². The Kier molecular flexibility index (Phi) is 2.10. The summed E-state index contributed by atoms with van der Waals surface area (Å²) in [7, 11) is 0. The first-order chi connectivity index (χ1) is 6.96. The maximum Gasteiger partial charge on any atom is 0.307 e. The van der Waals surface area contributed by atoms with Gasteiger partial charge in [-0.15, -0.1) is 0 Å². The summed E-state index contributed by atoms with van der Waals surface area (Å²) in [6.07, 6.45) is 3.87. The second kappa shape index (κ2) is 3.08. The highest BCUT2D eigenvalue weighted by molar-refractivity contribution is 5.92. The minimum Gasteiger partial charge on any atom is -0.481 e. The van der Waals surface area contributed by atoms with Crippen molar-refractivity contribution in [3.05, 3.63) is 12.2 Å². The Balaban J connectivity index is 2.07. The van der Waals surface area contributed by atoms with E-state index in [2.05, 4.69) is 0 Å². The average molecular weight is 209 g/mol. The molecule has 1 saturated carbocycles. The molecule has 0 saturated heterocycles. The predicted molar refractivity (Wildman–Crippen MR) is 54.1 cm³/mol. The smallest absolute Gasteiger partial charge is 0.307 e. The molecule has 1 aliphatic carbocycles. The lowest BCUT2D eigenvalue weighted by Gasteiger charge is -2.15. The molecule has 0 bridgehead atoms. The minimum atomic E-state index is -0.856. The Morgan fingerprint density at radius 3 is 2.20 bits per heavy atom. The van der Waals surface area contributed by atoms with Crippen molar-refractivity contribution in [3.63, 3.8) is 0 Å². The average Bonchev–Trinajstić information content (AvgIpc) is 2.57. The molecular formula is C11H15NO3. The van der Waals surface area contributed by atoms with Crippen LogP contribution in [0.15, 0.2) is 12.2 Å². The fourth-order valence-corrected chi connectivity index (χ4v) is 2.41. The van der Waals surface area contributed by atoms with Gasteiger partial charge in [-0.1, -0.05) is 26.0 Å². The van der Waals surface area contributed by atoms with Crippen molar-refractivity contribution >= 4 is 11.9 Å². The van der Waals surface area contributed by atoms with Crippen LogP contribution in [0.5, 0.6) is 0 Å². The minimum absolute atomic E-state index is 0.0163. The first kappa shape index (κ1) is 10.2. The fourth-order valence-electron chi connectivity index (χ4n) is 2.41. The molecule has 2 rings (SSSR count). The third-order valence-corrected chi connectivity index (χ3v) is 3.49. The number of carbonyl (C=O) groups excluding carboxylic acids is 1. The van der Waals surface area contributed by atoms with E-state index < -0.39 is 11.9 Å². The van der Waals surface area contributed by atoms with Crippen molar-refractivity contribution < 1.29 is 14.7 Å². The van der Waals surface area contributed by atoms with E-state index in [0.717, 1.165) is 0 Å². The summed E-state index contributed by atoms with van der Waals surface area (Å²) >= 11 is 0. The van der Waals surface area contributed by atoms with E-state index in [9.17, 15) is 9.59 Å². The highest BCUT2D eigenvalue weighted by Gasteiger charge is 2.66. The lowest BCUT2D eigenvalue weighted by Crippen LogP contribution is -2.31. The molecule has 2 atom stereocenters. The maximum absolute atomic E-state index is 12.0.